The van der Waals surface area contributed by atoms with E-state index in [1.165, 1.54) is 4.57 Å². The molecule has 0 amide bonds. The molecule has 0 unspecified atom stereocenters. The smallest absolute Gasteiger partial charge is 0.418 e. The van der Waals surface area contributed by atoms with Gasteiger partial charge in [-0.3, -0.25) is 4.57 Å². The highest BCUT2D eigenvalue weighted by atomic mass is 16.6. The number of ether oxygens (including phenoxy) is 1. The number of benzene rings is 1. The number of carbonyl (C=O) groups excluding carboxylic acids is 1. The van der Waals surface area contributed by atoms with Crippen LogP contribution in [0.15, 0.2) is 30.5 Å². The van der Waals surface area contributed by atoms with Gasteiger partial charge in [0, 0.05) is 11.6 Å². The zero-order chi connectivity index (χ0) is 11.7. The zero-order valence-electron chi connectivity index (χ0n) is 9.43. The minimum atomic E-state index is -0.360. The maximum Gasteiger partial charge on any atom is 0.418 e. The van der Waals surface area contributed by atoms with E-state index in [0.29, 0.717) is 0 Å². The number of para-hydroxylation sites is 1. The summed E-state index contributed by atoms with van der Waals surface area (Å²) in [5.41, 5.74) is 1.66. The van der Waals surface area contributed by atoms with Crippen molar-refractivity contribution in [2.45, 2.75) is 20.0 Å². The van der Waals surface area contributed by atoms with Crippen molar-refractivity contribution in [3.8, 4) is 0 Å². The molecule has 83 valence electrons. The van der Waals surface area contributed by atoms with E-state index in [2.05, 4.69) is 6.92 Å². The zero-order valence-corrected chi connectivity index (χ0v) is 9.43. The maximum absolute atomic E-state index is 11.8. The minimum absolute atomic E-state index is 0.123. The highest BCUT2D eigenvalue weighted by Crippen LogP contribution is 2.20. The summed E-state index contributed by atoms with van der Waals surface area (Å²) in [6, 6.07) is 7.64. The summed E-state index contributed by atoms with van der Waals surface area (Å²) >= 11 is 0. The molecular weight excluding hydrogens is 202 g/mol. The molecule has 0 aliphatic carbocycles. The third kappa shape index (κ3) is 1.81. The summed E-state index contributed by atoms with van der Waals surface area (Å²) in [5, 5.41) is 0.975. The van der Waals surface area contributed by atoms with Crippen molar-refractivity contribution in [2.75, 3.05) is 0 Å². The Kier molecular flexibility index (Phi) is 2.69. The van der Waals surface area contributed by atoms with Crippen LogP contribution in [-0.2, 0) is 4.74 Å². The molecule has 0 spiro atoms. The minimum Gasteiger partial charge on any atom is -0.446 e. The molecule has 3 heteroatoms. The van der Waals surface area contributed by atoms with Crippen LogP contribution in [0.3, 0.4) is 0 Å². The molecule has 0 saturated heterocycles. The SMILES string of the molecule is [CH2]c1cn(C(=O)OC(C)C)c2ccccc12. The maximum atomic E-state index is 11.8. The summed E-state index contributed by atoms with van der Waals surface area (Å²) in [5.74, 6) is 0. The highest BCUT2D eigenvalue weighted by molar-refractivity contribution is 5.92. The van der Waals surface area contributed by atoms with E-state index in [1.807, 2.05) is 38.1 Å². The largest absolute Gasteiger partial charge is 0.446 e. The van der Waals surface area contributed by atoms with Crippen LogP contribution in [0.25, 0.3) is 10.9 Å². The van der Waals surface area contributed by atoms with Crippen LogP contribution >= 0.6 is 0 Å². The molecule has 1 radical (unpaired) electrons. The average molecular weight is 216 g/mol. The summed E-state index contributed by atoms with van der Waals surface area (Å²) in [4.78, 5) is 11.8. The fraction of sp³-hybridized carbons (Fsp3) is 0.231. The fourth-order valence-corrected chi connectivity index (χ4v) is 1.66. The summed E-state index contributed by atoms with van der Waals surface area (Å²) in [6.45, 7) is 7.56. The van der Waals surface area contributed by atoms with Crippen LogP contribution in [0.4, 0.5) is 4.79 Å². The van der Waals surface area contributed by atoms with Gasteiger partial charge in [-0.2, -0.15) is 0 Å². The van der Waals surface area contributed by atoms with E-state index in [0.717, 1.165) is 16.5 Å². The van der Waals surface area contributed by atoms with Crippen LogP contribution in [0.1, 0.15) is 19.4 Å². The van der Waals surface area contributed by atoms with Crippen molar-refractivity contribution >= 4 is 17.0 Å². The van der Waals surface area contributed by atoms with Gasteiger partial charge in [-0.05, 0) is 32.4 Å². The molecule has 3 nitrogen and oxygen atoms in total. The predicted molar refractivity (Wildman–Crippen MR) is 63.4 cm³/mol. The fourth-order valence-electron chi connectivity index (χ4n) is 1.66. The first-order valence-corrected chi connectivity index (χ1v) is 5.22. The van der Waals surface area contributed by atoms with E-state index in [4.69, 9.17) is 4.74 Å². The molecule has 2 aromatic rings. The van der Waals surface area contributed by atoms with Crippen molar-refractivity contribution in [3.63, 3.8) is 0 Å². The molecule has 2 rings (SSSR count). The van der Waals surface area contributed by atoms with Crippen molar-refractivity contribution in [2.24, 2.45) is 0 Å². The van der Waals surface area contributed by atoms with Crippen LogP contribution in [0.2, 0.25) is 0 Å². The summed E-state index contributed by atoms with van der Waals surface area (Å²) in [6.07, 6.45) is 1.22. The van der Waals surface area contributed by atoms with Gasteiger partial charge in [-0.25, -0.2) is 4.79 Å². The summed E-state index contributed by atoms with van der Waals surface area (Å²) in [7, 11) is 0. The van der Waals surface area contributed by atoms with Crippen LogP contribution in [0, 0.1) is 6.92 Å². The highest BCUT2D eigenvalue weighted by Gasteiger charge is 2.13. The van der Waals surface area contributed by atoms with Crippen LogP contribution in [-0.4, -0.2) is 16.8 Å². The molecule has 1 aromatic heterocycles. The van der Waals surface area contributed by atoms with Crippen LogP contribution in [0.5, 0.6) is 0 Å². The second-order valence-electron chi connectivity index (χ2n) is 3.97. The number of rotatable bonds is 1. The van der Waals surface area contributed by atoms with E-state index in [9.17, 15) is 4.79 Å². The molecule has 0 atom stereocenters. The van der Waals surface area contributed by atoms with Gasteiger partial charge in [-0.1, -0.05) is 18.2 Å². The van der Waals surface area contributed by atoms with E-state index in [-0.39, 0.29) is 12.2 Å². The number of carbonyl (C=O) groups is 1. The quantitative estimate of drug-likeness (QED) is 0.732. The Hall–Kier alpha value is -1.77. The van der Waals surface area contributed by atoms with Crippen molar-refractivity contribution in [1.82, 2.24) is 4.57 Å². The van der Waals surface area contributed by atoms with Crippen LogP contribution < -0.4 is 0 Å². The molecule has 1 aromatic carbocycles. The topological polar surface area (TPSA) is 31.2 Å². The van der Waals surface area contributed by atoms with Gasteiger partial charge >= 0.3 is 6.09 Å². The Morgan fingerprint density at radius 1 is 1.38 bits per heavy atom. The second-order valence-corrected chi connectivity index (χ2v) is 3.97. The van der Waals surface area contributed by atoms with Gasteiger partial charge < -0.3 is 4.74 Å². The number of aromatic nitrogens is 1. The van der Waals surface area contributed by atoms with E-state index < -0.39 is 0 Å². The number of hydrogen-bond donors (Lipinski definition) is 0. The monoisotopic (exact) mass is 216 g/mol. The lowest BCUT2D eigenvalue weighted by Crippen LogP contribution is -2.17. The van der Waals surface area contributed by atoms with Gasteiger partial charge in [-0.15, -0.1) is 0 Å². The standard InChI is InChI=1S/C13H14NO2/c1-9(2)16-13(15)14-8-10(3)11-6-4-5-7-12(11)14/h4-9H,3H2,1-2H3. The lowest BCUT2D eigenvalue weighted by atomic mass is 10.2. The third-order valence-electron chi connectivity index (χ3n) is 2.33. The number of fused-ring (bicyclic) bond motifs is 1. The first kappa shape index (κ1) is 10.7. The Labute approximate surface area is 94.6 Å². The molecule has 0 bridgehead atoms. The van der Waals surface area contributed by atoms with E-state index in [1.54, 1.807) is 6.20 Å². The number of hydrogen-bond acceptors (Lipinski definition) is 2. The molecular formula is C13H14NO2. The Bertz CT molecular complexity index is 526. The lowest BCUT2D eigenvalue weighted by molar-refractivity contribution is 0.118. The first-order chi connectivity index (χ1) is 7.59. The third-order valence-corrected chi connectivity index (χ3v) is 2.33. The first-order valence-electron chi connectivity index (χ1n) is 5.22. The average Bonchev–Trinajstić information content (AvgIpc) is 2.56. The Morgan fingerprint density at radius 2 is 2.06 bits per heavy atom. The van der Waals surface area contributed by atoms with E-state index >= 15 is 0 Å². The molecule has 0 aliphatic heterocycles. The molecule has 16 heavy (non-hydrogen) atoms. The van der Waals surface area contributed by atoms with Gasteiger partial charge in [0.2, 0.25) is 0 Å². The van der Waals surface area contributed by atoms with Gasteiger partial charge in [0.25, 0.3) is 0 Å². The molecule has 0 fully saturated rings. The molecule has 1 heterocycles. The van der Waals surface area contributed by atoms with Crippen molar-refractivity contribution < 1.29 is 9.53 Å². The van der Waals surface area contributed by atoms with Gasteiger partial charge in [0.1, 0.15) is 0 Å². The van der Waals surface area contributed by atoms with Crippen molar-refractivity contribution in [3.05, 3.63) is 42.9 Å². The molecule has 0 aliphatic rings. The summed E-state index contributed by atoms with van der Waals surface area (Å²) < 4.78 is 6.65. The molecule has 0 N–H and O–H groups in total. The normalized spacial score (nSPS) is 11.0. The van der Waals surface area contributed by atoms with Crippen molar-refractivity contribution in [1.29, 1.82) is 0 Å². The molecule has 0 saturated carbocycles. The van der Waals surface area contributed by atoms with Gasteiger partial charge in [0.05, 0.1) is 11.6 Å². The lowest BCUT2D eigenvalue weighted by Gasteiger charge is -2.08. The second kappa shape index (κ2) is 4.00. The van der Waals surface area contributed by atoms with Gasteiger partial charge in [0.15, 0.2) is 0 Å². The predicted octanol–water partition coefficient (Wildman–Crippen LogP) is 3.22. The number of nitrogens with zero attached hydrogens (tertiary/aromatic N) is 1. The Morgan fingerprint density at radius 3 is 2.75 bits per heavy atom. The Balaban J connectivity index is 2.49.